The van der Waals surface area contributed by atoms with Gasteiger partial charge in [0.25, 0.3) is 0 Å². The Hall–Kier alpha value is -1.35. The molecule has 0 aliphatic carbocycles. The number of methoxy groups -OCH3 is 1. The molecule has 1 fully saturated rings. The monoisotopic (exact) mass is 206 g/mol. The third kappa shape index (κ3) is 1.63. The smallest absolute Gasteiger partial charge is 0.338 e. The Balaban J connectivity index is 2.23. The molecular weight excluding hydrogens is 192 g/mol. The van der Waals surface area contributed by atoms with Crippen LogP contribution in [0.1, 0.15) is 18.1 Å². The van der Waals surface area contributed by atoms with Crippen molar-refractivity contribution in [2.45, 2.75) is 25.6 Å². The summed E-state index contributed by atoms with van der Waals surface area (Å²) in [7, 11) is 1.38. The number of benzene rings is 1. The molecule has 1 aliphatic heterocycles. The van der Waals surface area contributed by atoms with Gasteiger partial charge in [-0.15, -0.1) is 0 Å². The average molecular weight is 206 g/mol. The summed E-state index contributed by atoms with van der Waals surface area (Å²) >= 11 is 0. The number of hydrogen-bond donors (Lipinski definition) is 0. The number of epoxide rings is 1. The summed E-state index contributed by atoms with van der Waals surface area (Å²) in [6, 6.07) is 7.98. The molecule has 2 rings (SSSR count). The van der Waals surface area contributed by atoms with Crippen LogP contribution >= 0.6 is 0 Å². The van der Waals surface area contributed by atoms with Gasteiger partial charge in [0.1, 0.15) is 5.60 Å². The van der Waals surface area contributed by atoms with E-state index in [0.29, 0.717) is 0 Å². The predicted molar refractivity (Wildman–Crippen MR) is 55.4 cm³/mol. The SMILES string of the molecule is COC(=O)C1OC1(C)c1cccc(C)c1. The third-order valence-corrected chi connectivity index (χ3v) is 2.81. The van der Waals surface area contributed by atoms with Gasteiger partial charge in [0, 0.05) is 0 Å². The van der Waals surface area contributed by atoms with Crippen molar-refractivity contribution >= 4 is 5.97 Å². The van der Waals surface area contributed by atoms with Crippen molar-refractivity contribution in [1.29, 1.82) is 0 Å². The molecule has 0 amide bonds. The molecule has 15 heavy (non-hydrogen) atoms. The van der Waals surface area contributed by atoms with Crippen LogP contribution in [0.15, 0.2) is 24.3 Å². The molecule has 0 spiro atoms. The number of carbonyl (C=O) groups is 1. The number of hydrogen-bond acceptors (Lipinski definition) is 3. The number of esters is 1. The van der Waals surface area contributed by atoms with Gasteiger partial charge in [0.2, 0.25) is 0 Å². The third-order valence-electron chi connectivity index (χ3n) is 2.81. The quantitative estimate of drug-likeness (QED) is 0.547. The van der Waals surface area contributed by atoms with E-state index in [1.807, 2.05) is 38.1 Å². The highest BCUT2D eigenvalue weighted by molar-refractivity contribution is 5.79. The maximum absolute atomic E-state index is 11.3. The molecule has 1 aromatic rings. The summed E-state index contributed by atoms with van der Waals surface area (Å²) in [5.74, 6) is -0.306. The Labute approximate surface area is 89.0 Å². The van der Waals surface area contributed by atoms with Gasteiger partial charge in [-0.25, -0.2) is 4.79 Å². The van der Waals surface area contributed by atoms with E-state index in [0.717, 1.165) is 11.1 Å². The minimum absolute atomic E-state index is 0.306. The van der Waals surface area contributed by atoms with Gasteiger partial charge in [-0.05, 0) is 19.4 Å². The van der Waals surface area contributed by atoms with Crippen molar-refractivity contribution in [2.75, 3.05) is 7.11 Å². The molecule has 1 aromatic carbocycles. The van der Waals surface area contributed by atoms with Crippen LogP contribution in [0, 0.1) is 6.92 Å². The molecule has 0 aromatic heterocycles. The first-order valence-electron chi connectivity index (χ1n) is 4.91. The highest BCUT2D eigenvalue weighted by Gasteiger charge is 2.59. The van der Waals surface area contributed by atoms with Crippen molar-refractivity contribution in [3.05, 3.63) is 35.4 Å². The molecule has 0 saturated carbocycles. The van der Waals surface area contributed by atoms with E-state index >= 15 is 0 Å². The zero-order valence-electron chi connectivity index (χ0n) is 9.11. The maximum Gasteiger partial charge on any atom is 0.338 e. The topological polar surface area (TPSA) is 38.8 Å². The summed E-state index contributed by atoms with van der Waals surface area (Å²) in [5, 5.41) is 0. The molecule has 3 nitrogen and oxygen atoms in total. The van der Waals surface area contributed by atoms with Gasteiger partial charge >= 0.3 is 5.97 Å². The van der Waals surface area contributed by atoms with Gasteiger partial charge in [-0.3, -0.25) is 0 Å². The summed E-state index contributed by atoms with van der Waals surface area (Å²) in [6.07, 6.45) is -0.454. The van der Waals surface area contributed by atoms with E-state index in [1.54, 1.807) is 0 Å². The van der Waals surface area contributed by atoms with Crippen molar-refractivity contribution in [3.8, 4) is 0 Å². The number of ether oxygens (including phenoxy) is 2. The minimum Gasteiger partial charge on any atom is -0.467 e. The van der Waals surface area contributed by atoms with Crippen LogP contribution in [-0.2, 0) is 19.9 Å². The van der Waals surface area contributed by atoms with Crippen LogP contribution in [0.4, 0.5) is 0 Å². The van der Waals surface area contributed by atoms with Crippen molar-refractivity contribution < 1.29 is 14.3 Å². The number of carbonyl (C=O) groups excluding carboxylic acids is 1. The van der Waals surface area contributed by atoms with Crippen LogP contribution in [-0.4, -0.2) is 19.2 Å². The lowest BCUT2D eigenvalue weighted by Gasteiger charge is -2.06. The summed E-state index contributed by atoms with van der Waals surface area (Å²) in [6.45, 7) is 3.92. The first-order chi connectivity index (χ1) is 7.08. The molecular formula is C12H14O3. The van der Waals surface area contributed by atoms with Gasteiger partial charge in [-0.1, -0.05) is 29.8 Å². The molecule has 2 atom stereocenters. The highest BCUT2D eigenvalue weighted by atomic mass is 16.6. The largest absolute Gasteiger partial charge is 0.467 e. The Kier molecular flexibility index (Phi) is 2.27. The van der Waals surface area contributed by atoms with E-state index in [9.17, 15) is 4.79 Å². The molecule has 1 saturated heterocycles. The lowest BCUT2D eigenvalue weighted by Crippen LogP contribution is -2.17. The standard InChI is InChI=1S/C12H14O3/c1-8-5-4-6-9(7-8)12(2)10(15-12)11(13)14-3/h4-7,10H,1-3H3. The second kappa shape index (κ2) is 3.35. The first-order valence-corrected chi connectivity index (χ1v) is 4.91. The normalized spacial score (nSPS) is 28.6. The second-order valence-corrected chi connectivity index (χ2v) is 4.00. The maximum atomic E-state index is 11.3. The van der Waals surface area contributed by atoms with Crippen LogP contribution in [0.5, 0.6) is 0 Å². The zero-order valence-corrected chi connectivity index (χ0v) is 9.11. The van der Waals surface area contributed by atoms with Crippen LogP contribution in [0.25, 0.3) is 0 Å². The summed E-state index contributed by atoms with van der Waals surface area (Å²) in [5.41, 5.74) is 1.68. The van der Waals surface area contributed by atoms with E-state index in [-0.39, 0.29) is 5.97 Å². The molecule has 0 N–H and O–H groups in total. The van der Waals surface area contributed by atoms with Crippen molar-refractivity contribution in [1.82, 2.24) is 0 Å². The molecule has 1 aliphatic rings. The Morgan fingerprint density at radius 3 is 2.87 bits per heavy atom. The fraction of sp³-hybridized carbons (Fsp3) is 0.417. The van der Waals surface area contributed by atoms with E-state index in [2.05, 4.69) is 4.74 Å². The van der Waals surface area contributed by atoms with Crippen molar-refractivity contribution in [3.63, 3.8) is 0 Å². The molecule has 0 radical (unpaired) electrons. The summed E-state index contributed by atoms with van der Waals surface area (Å²) < 4.78 is 10.1. The van der Waals surface area contributed by atoms with Crippen LogP contribution in [0.2, 0.25) is 0 Å². The van der Waals surface area contributed by atoms with Gasteiger partial charge < -0.3 is 9.47 Å². The number of rotatable bonds is 2. The summed E-state index contributed by atoms with van der Waals surface area (Å²) in [4.78, 5) is 11.3. The molecule has 0 bridgehead atoms. The Morgan fingerprint density at radius 2 is 2.27 bits per heavy atom. The first kappa shape index (κ1) is 10.2. The van der Waals surface area contributed by atoms with E-state index < -0.39 is 11.7 Å². The van der Waals surface area contributed by atoms with E-state index in [4.69, 9.17) is 4.74 Å². The second-order valence-electron chi connectivity index (χ2n) is 4.00. The van der Waals surface area contributed by atoms with Gasteiger partial charge in [0.15, 0.2) is 6.10 Å². The zero-order chi connectivity index (χ0) is 11.1. The molecule has 2 unspecified atom stereocenters. The van der Waals surface area contributed by atoms with Gasteiger partial charge in [-0.2, -0.15) is 0 Å². The molecule has 80 valence electrons. The molecule has 3 heteroatoms. The number of aryl methyl sites for hydroxylation is 1. The fourth-order valence-electron chi connectivity index (χ4n) is 1.76. The van der Waals surface area contributed by atoms with Crippen molar-refractivity contribution in [2.24, 2.45) is 0 Å². The van der Waals surface area contributed by atoms with Crippen LogP contribution < -0.4 is 0 Å². The van der Waals surface area contributed by atoms with Crippen LogP contribution in [0.3, 0.4) is 0 Å². The van der Waals surface area contributed by atoms with E-state index in [1.165, 1.54) is 7.11 Å². The fourth-order valence-corrected chi connectivity index (χ4v) is 1.76. The Morgan fingerprint density at radius 1 is 1.53 bits per heavy atom. The minimum atomic E-state index is -0.501. The van der Waals surface area contributed by atoms with Gasteiger partial charge in [0.05, 0.1) is 7.11 Å². The molecule has 1 heterocycles. The Bertz CT molecular complexity index is 400. The average Bonchev–Trinajstić information content (AvgIpc) is 2.91. The predicted octanol–water partition coefficient (Wildman–Crippen LogP) is 1.78. The highest BCUT2D eigenvalue weighted by Crippen LogP contribution is 2.46. The lowest BCUT2D eigenvalue weighted by molar-refractivity contribution is -0.142. The lowest BCUT2D eigenvalue weighted by atomic mass is 9.96.